The predicted octanol–water partition coefficient (Wildman–Crippen LogP) is 3.43. The molecule has 1 aliphatic heterocycles. The summed E-state index contributed by atoms with van der Waals surface area (Å²) in [4.78, 5) is 19.4. The van der Waals surface area contributed by atoms with E-state index in [0.29, 0.717) is 18.7 Å². The molecular formula is C23H31N3O3. The number of carbonyl (C=O) groups excluding carboxylic acids is 1. The maximum atomic E-state index is 12.5. The van der Waals surface area contributed by atoms with Gasteiger partial charge in [0.05, 0.1) is 19.4 Å². The van der Waals surface area contributed by atoms with Crippen LogP contribution in [0.25, 0.3) is 11.3 Å². The van der Waals surface area contributed by atoms with Crippen molar-refractivity contribution in [3.8, 4) is 11.3 Å². The number of aryl methyl sites for hydroxylation is 1. The second-order valence-electron chi connectivity index (χ2n) is 8.15. The third-order valence-electron chi connectivity index (χ3n) is 6.26. The van der Waals surface area contributed by atoms with Gasteiger partial charge in [0.2, 0.25) is 5.91 Å². The number of hydrogen-bond acceptors (Lipinski definition) is 5. The van der Waals surface area contributed by atoms with Gasteiger partial charge in [-0.3, -0.25) is 9.69 Å². The molecule has 0 atom stereocenters. The van der Waals surface area contributed by atoms with Crippen LogP contribution in [0.4, 0.5) is 0 Å². The number of oxazole rings is 1. The molecule has 156 valence electrons. The van der Waals surface area contributed by atoms with Gasteiger partial charge in [-0.05, 0) is 12.8 Å². The number of amides is 1. The predicted molar refractivity (Wildman–Crippen MR) is 111 cm³/mol. The molecule has 1 saturated heterocycles. The molecule has 6 heteroatoms. The maximum Gasteiger partial charge on any atom is 0.220 e. The van der Waals surface area contributed by atoms with Gasteiger partial charge in [-0.1, -0.05) is 49.6 Å². The lowest BCUT2D eigenvalue weighted by Gasteiger charge is -2.48. The Morgan fingerprint density at radius 1 is 1.10 bits per heavy atom. The van der Waals surface area contributed by atoms with Gasteiger partial charge in [0.25, 0.3) is 0 Å². The largest absolute Gasteiger partial charge is 0.441 e. The Morgan fingerprint density at radius 2 is 1.86 bits per heavy atom. The van der Waals surface area contributed by atoms with Crippen molar-refractivity contribution in [1.29, 1.82) is 0 Å². The van der Waals surface area contributed by atoms with Gasteiger partial charge in [-0.15, -0.1) is 0 Å². The van der Waals surface area contributed by atoms with Gasteiger partial charge in [0.1, 0.15) is 0 Å². The lowest BCUT2D eigenvalue weighted by molar-refractivity contribution is -0.122. The second kappa shape index (κ2) is 9.55. The first-order valence-electron chi connectivity index (χ1n) is 10.8. The van der Waals surface area contributed by atoms with Gasteiger partial charge in [-0.25, -0.2) is 4.98 Å². The highest BCUT2D eigenvalue weighted by Crippen LogP contribution is 2.34. The van der Waals surface area contributed by atoms with E-state index in [1.165, 1.54) is 19.3 Å². The summed E-state index contributed by atoms with van der Waals surface area (Å²) in [6.07, 6.45) is 8.75. The zero-order chi connectivity index (χ0) is 19.9. The summed E-state index contributed by atoms with van der Waals surface area (Å²) in [6, 6.07) is 9.90. The summed E-state index contributed by atoms with van der Waals surface area (Å²) < 4.78 is 11.4. The number of morpholine rings is 1. The van der Waals surface area contributed by atoms with Crippen molar-refractivity contribution in [2.24, 2.45) is 0 Å². The van der Waals surface area contributed by atoms with Crippen LogP contribution in [0.5, 0.6) is 0 Å². The van der Waals surface area contributed by atoms with Crippen molar-refractivity contribution in [3.05, 3.63) is 42.4 Å². The van der Waals surface area contributed by atoms with Gasteiger partial charge >= 0.3 is 0 Å². The molecule has 1 aliphatic carbocycles. The average Bonchev–Trinajstić information content (AvgIpc) is 3.27. The lowest BCUT2D eigenvalue weighted by Crippen LogP contribution is -2.59. The minimum atomic E-state index is 0.0719. The highest BCUT2D eigenvalue weighted by molar-refractivity contribution is 5.76. The maximum absolute atomic E-state index is 12.5. The van der Waals surface area contributed by atoms with E-state index in [9.17, 15) is 4.79 Å². The van der Waals surface area contributed by atoms with Crippen molar-refractivity contribution < 1.29 is 13.9 Å². The summed E-state index contributed by atoms with van der Waals surface area (Å²) >= 11 is 0. The van der Waals surface area contributed by atoms with Crippen LogP contribution in [0.1, 0.15) is 44.4 Å². The summed E-state index contributed by atoms with van der Waals surface area (Å²) in [5.41, 5.74) is 1.10. The van der Waals surface area contributed by atoms with Crippen molar-refractivity contribution in [2.45, 2.75) is 50.5 Å². The molecule has 2 aromatic rings. The monoisotopic (exact) mass is 397 g/mol. The third-order valence-corrected chi connectivity index (χ3v) is 6.26. The molecule has 6 nitrogen and oxygen atoms in total. The summed E-state index contributed by atoms with van der Waals surface area (Å²) in [6.45, 7) is 4.25. The molecular weight excluding hydrogens is 366 g/mol. The Labute approximate surface area is 172 Å². The van der Waals surface area contributed by atoms with Crippen LogP contribution in [-0.2, 0) is 16.0 Å². The van der Waals surface area contributed by atoms with Crippen molar-refractivity contribution >= 4 is 5.91 Å². The zero-order valence-electron chi connectivity index (χ0n) is 17.1. The van der Waals surface area contributed by atoms with E-state index in [0.717, 1.165) is 57.0 Å². The number of rotatable bonds is 7. The van der Waals surface area contributed by atoms with Crippen LogP contribution in [0.2, 0.25) is 0 Å². The Balaban J connectivity index is 1.29. The van der Waals surface area contributed by atoms with E-state index in [-0.39, 0.29) is 11.4 Å². The van der Waals surface area contributed by atoms with Crippen molar-refractivity contribution in [2.75, 3.05) is 32.8 Å². The minimum Gasteiger partial charge on any atom is -0.441 e. The van der Waals surface area contributed by atoms with Crippen LogP contribution in [0, 0.1) is 0 Å². The van der Waals surface area contributed by atoms with Crippen molar-refractivity contribution in [3.63, 3.8) is 0 Å². The first kappa shape index (κ1) is 20.1. The molecule has 2 fully saturated rings. The molecule has 1 N–H and O–H groups in total. The van der Waals surface area contributed by atoms with Gasteiger partial charge in [0.15, 0.2) is 11.7 Å². The van der Waals surface area contributed by atoms with Crippen LogP contribution in [0.15, 0.2) is 40.9 Å². The van der Waals surface area contributed by atoms with Gasteiger partial charge < -0.3 is 14.5 Å². The number of benzene rings is 1. The Hall–Kier alpha value is -2.18. The SMILES string of the molecule is O=C(CCc1ncc(-c2ccccc2)o1)NCC1(N2CCOCC2)CCCCC1. The number of hydrogen-bond donors (Lipinski definition) is 1. The Kier molecular flexibility index (Phi) is 6.62. The van der Waals surface area contributed by atoms with E-state index in [4.69, 9.17) is 9.15 Å². The Morgan fingerprint density at radius 3 is 2.62 bits per heavy atom. The van der Waals surface area contributed by atoms with Crippen molar-refractivity contribution in [1.82, 2.24) is 15.2 Å². The highest BCUT2D eigenvalue weighted by atomic mass is 16.5. The summed E-state index contributed by atoms with van der Waals surface area (Å²) in [5, 5.41) is 3.21. The first-order valence-corrected chi connectivity index (χ1v) is 10.8. The van der Waals surface area contributed by atoms with E-state index < -0.39 is 0 Å². The molecule has 0 unspecified atom stereocenters. The van der Waals surface area contributed by atoms with Crippen LogP contribution >= 0.6 is 0 Å². The van der Waals surface area contributed by atoms with Gasteiger partial charge in [-0.2, -0.15) is 0 Å². The molecule has 0 radical (unpaired) electrons. The Bertz CT molecular complexity index is 778. The number of nitrogens with one attached hydrogen (secondary N) is 1. The standard InChI is InChI=1S/C23H31N3O3/c27-21(9-10-22-24-17-20(29-22)19-7-3-1-4-8-19)25-18-23(11-5-2-6-12-23)26-13-15-28-16-14-26/h1,3-4,7-8,17H,2,5-6,9-16,18H2,(H,25,27). The smallest absolute Gasteiger partial charge is 0.220 e. The highest BCUT2D eigenvalue weighted by Gasteiger charge is 2.38. The molecule has 1 amide bonds. The quantitative estimate of drug-likeness (QED) is 0.775. The van der Waals surface area contributed by atoms with E-state index in [2.05, 4.69) is 15.2 Å². The topological polar surface area (TPSA) is 67.6 Å². The van der Waals surface area contributed by atoms with E-state index in [1.54, 1.807) is 6.20 Å². The summed E-state index contributed by atoms with van der Waals surface area (Å²) in [5.74, 6) is 1.43. The second-order valence-corrected chi connectivity index (χ2v) is 8.15. The molecule has 1 aromatic heterocycles. The van der Waals surface area contributed by atoms with Crippen LogP contribution in [-0.4, -0.2) is 54.2 Å². The first-order chi connectivity index (χ1) is 14.3. The van der Waals surface area contributed by atoms with E-state index >= 15 is 0 Å². The molecule has 1 aromatic carbocycles. The number of aromatic nitrogens is 1. The number of nitrogens with zero attached hydrogens (tertiary/aromatic N) is 2. The molecule has 1 saturated carbocycles. The zero-order valence-corrected chi connectivity index (χ0v) is 17.1. The summed E-state index contributed by atoms with van der Waals surface area (Å²) in [7, 11) is 0. The molecule has 0 bridgehead atoms. The fraction of sp³-hybridized carbons (Fsp3) is 0.565. The fourth-order valence-electron chi connectivity index (χ4n) is 4.59. The molecule has 0 spiro atoms. The van der Waals surface area contributed by atoms with Crippen LogP contribution in [0.3, 0.4) is 0 Å². The van der Waals surface area contributed by atoms with Crippen LogP contribution < -0.4 is 5.32 Å². The molecule has 2 heterocycles. The van der Waals surface area contributed by atoms with Gasteiger partial charge in [0, 0.05) is 43.6 Å². The third kappa shape index (κ3) is 5.06. The van der Waals surface area contributed by atoms with E-state index in [1.807, 2.05) is 30.3 Å². The lowest BCUT2D eigenvalue weighted by atomic mass is 9.79. The average molecular weight is 398 g/mol. The fourth-order valence-corrected chi connectivity index (χ4v) is 4.59. The number of carbonyl (C=O) groups is 1. The molecule has 2 aliphatic rings. The minimum absolute atomic E-state index is 0.0719. The number of ether oxygens (including phenoxy) is 1. The molecule has 29 heavy (non-hydrogen) atoms. The normalized spacial score (nSPS) is 19.7. The molecule has 4 rings (SSSR count).